The summed E-state index contributed by atoms with van der Waals surface area (Å²) in [4.78, 5) is 0. The molecule has 0 spiro atoms. The summed E-state index contributed by atoms with van der Waals surface area (Å²) in [5, 5.41) is 0. The molecule has 0 aromatic heterocycles. The number of hydrogen-bond acceptors (Lipinski definition) is 1. The van der Waals surface area contributed by atoms with E-state index in [9.17, 15) is 0 Å². The summed E-state index contributed by atoms with van der Waals surface area (Å²) in [6, 6.07) is 17.1. The third kappa shape index (κ3) is 3.67. The summed E-state index contributed by atoms with van der Waals surface area (Å²) in [6.45, 7) is 16.7. The van der Waals surface area contributed by atoms with Crippen molar-refractivity contribution in [3.05, 3.63) is 102 Å². The molecule has 2 aromatic rings. The molecule has 0 N–H and O–H groups in total. The Bertz CT molecular complexity index is 807. The van der Waals surface area contributed by atoms with Crippen LogP contribution < -0.4 is 4.74 Å². The topological polar surface area (TPSA) is 9.23 Å². The predicted octanol–water partition coefficient (Wildman–Crippen LogP) is 6.60. The number of methoxy groups -OCH3 is 1. The molecule has 0 saturated heterocycles. The first-order chi connectivity index (χ1) is 12.3. The fourth-order valence-electron chi connectivity index (χ4n) is 3.42. The van der Waals surface area contributed by atoms with Crippen LogP contribution >= 0.6 is 0 Å². The smallest absolute Gasteiger partial charge is 0.122 e. The van der Waals surface area contributed by atoms with Gasteiger partial charge in [-0.2, -0.15) is 0 Å². The van der Waals surface area contributed by atoms with Gasteiger partial charge < -0.3 is 4.74 Å². The van der Waals surface area contributed by atoms with Gasteiger partial charge in [-0.05, 0) is 22.8 Å². The van der Waals surface area contributed by atoms with Gasteiger partial charge in [-0.25, -0.2) is 0 Å². The number of benzene rings is 2. The van der Waals surface area contributed by atoms with Gasteiger partial charge in [0.1, 0.15) is 5.75 Å². The Hall–Kier alpha value is -2.54. The second-order valence-electron chi connectivity index (χ2n) is 7.59. The van der Waals surface area contributed by atoms with Crippen LogP contribution in [0.25, 0.3) is 0 Å². The van der Waals surface area contributed by atoms with Crippen LogP contribution in [0.15, 0.2) is 85.5 Å². The fraction of sp³-hybridized carbons (Fsp3) is 0.280. The largest absolute Gasteiger partial charge is 0.496 e. The summed E-state index contributed by atoms with van der Waals surface area (Å²) >= 11 is 0. The molecule has 0 fully saturated rings. The van der Waals surface area contributed by atoms with Crippen LogP contribution in [0.3, 0.4) is 0 Å². The maximum atomic E-state index is 5.69. The van der Waals surface area contributed by atoms with Gasteiger partial charge in [-0.15, -0.1) is 0 Å². The first-order valence-corrected chi connectivity index (χ1v) is 8.99. The molecular formula is C25H30O. The van der Waals surface area contributed by atoms with Crippen molar-refractivity contribution in [2.45, 2.75) is 38.5 Å². The average molecular weight is 347 g/mol. The SMILES string of the molecule is C=C/C=C(\C=C)C(C)(C)c1cc(C(C)(C)c2ccccc2)ccc1OC. The molecule has 1 heteroatoms. The molecule has 0 aliphatic rings. The highest BCUT2D eigenvalue weighted by Crippen LogP contribution is 2.41. The molecule has 1 nitrogen and oxygen atoms in total. The van der Waals surface area contributed by atoms with E-state index in [-0.39, 0.29) is 10.8 Å². The summed E-state index contributed by atoms with van der Waals surface area (Å²) in [5.74, 6) is 0.888. The van der Waals surface area contributed by atoms with Gasteiger partial charge in [0, 0.05) is 16.4 Å². The molecule has 0 heterocycles. The zero-order chi connectivity index (χ0) is 19.4. The maximum Gasteiger partial charge on any atom is 0.122 e. The Morgan fingerprint density at radius 2 is 1.58 bits per heavy atom. The van der Waals surface area contributed by atoms with Gasteiger partial charge in [-0.1, -0.05) is 102 Å². The quantitative estimate of drug-likeness (QED) is 0.513. The molecule has 2 rings (SSSR count). The fourth-order valence-corrected chi connectivity index (χ4v) is 3.42. The predicted molar refractivity (Wildman–Crippen MR) is 113 cm³/mol. The third-order valence-corrected chi connectivity index (χ3v) is 5.33. The molecule has 0 atom stereocenters. The van der Waals surface area contributed by atoms with Gasteiger partial charge in [-0.3, -0.25) is 0 Å². The Morgan fingerprint density at radius 3 is 2.12 bits per heavy atom. The lowest BCUT2D eigenvalue weighted by Gasteiger charge is -2.32. The van der Waals surface area contributed by atoms with Crippen LogP contribution in [0.1, 0.15) is 44.4 Å². The monoisotopic (exact) mass is 346 g/mol. The average Bonchev–Trinajstić information content (AvgIpc) is 2.66. The van der Waals surface area contributed by atoms with Crippen molar-refractivity contribution in [2.75, 3.05) is 7.11 Å². The van der Waals surface area contributed by atoms with Crippen molar-refractivity contribution < 1.29 is 4.74 Å². The van der Waals surface area contributed by atoms with E-state index in [1.54, 1.807) is 7.11 Å². The molecule has 0 aliphatic heterocycles. The van der Waals surface area contributed by atoms with Crippen molar-refractivity contribution in [1.82, 2.24) is 0 Å². The zero-order valence-electron chi connectivity index (χ0n) is 16.7. The summed E-state index contributed by atoms with van der Waals surface area (Å²) in [7, 11) is 1.72. The number of ether oxygens (including phenoxy) is 1. The highest BCUT2D eigenvalue weighted by Gasteiger charge is 2.30. The van der Waals surface area contributed by atoms with Crippen molar-refractivity contribution in [3.63, 3.8) is 0 Å². The van der Waals surface area contributed by atoms with Crippen molar-refractivity contribution in [2.24, 2.45) is 0 Å². The molecule has 0 aliphatic carbocycles. The minimum absolute atomic E-state index is 0.102. The summed E-state index contributed by atoms with van der Waals surface area (Å²) in [5.41, 5.74) is 4.46. The van der Waals surface area contributed by atoms with Crippen LogP contribution in [0.4, 0.5) is 0 Å². The van der Waals surface area contributed by atoms with Crippen LogP contribution in [-0.4, -0.2) is 7.11 Å². The van der Waals surface area contributed by atoms with Gasteiger partial charge in [0.25, 0.3) is 0 Å². The lowest BCUT2D eigenvalue weighted by molar-refractivity contribution is 0.400. The maximum absolute atomic E-state index is 5.69. The zero-order valence-corrected chi connectivity index (χ0v) is 16.7. The normalized spacial score (nSPS) is 12.6. The Kier molecular flexibility index (Phi) is 5.92. The standard InChI is InChI=1S/C25H30O/c1-8-13-19(9-2)25(5,6)22-18-21(16-17-23(22)26-7)24(3,4)20-14-11-10-12-15-20/h8-18H,1-2H2,3-7H3/b19-13+. The van der Waals surface area contributed by atoms with E-state index in [1.807, 2.05) is 18.2 Å². The molecule has 0 bridgehead atoms. The van der Waals surface area contributed by atoms with Crippen molar-refractivity contribution in [1.29, 1.82) is 0 Å². The van der Waals surface area contributed by atoms with Gasteiger partial charge in [0.15, 0.2) is 0 Å². The van der Waals surface area contributed by atoms with Crippen molar-refractivity contribution >= 4 is 0 Å². The second kappa shape index (κ2) is 7.78. The van der Waals surface area contributed by atoms with Gasteiger partial charge >= 0.3 is 0 Å². The first kappa shape index (κ1) is 19.8. The van der Waals surface area contributed by atoms with E-state index in [2.05, 4.69) is 89.4 Å². The van der Waals surface area contributed by atoms with Crippen LogP contribution in [-0.2, 0) is 10.8 Å². The van der Waals surface area contributed by atoms with E-state index in [0.29, 0.717) is 0 Å². The highest BCUT2D eigenvalue weighted by molar-refractivity contribution is 5.52. The molecule has 0 unspecified atom stereocenters. The minimum Gasteiger partial charge on any atom is -0.496 e. The summed E-state index contributed by atoms with van der Waals surface area (Å²) < 4.78 is 5.69. The Balaban J connectivity index is 2.65. The summed E-state index contributed by atoms with van der Waals surface area (Å²) in [6.07, 6.45) is 5.72. The molecule has 2 aromatic carbocycles. The molecular weight excluding hydrogens is 316 g/mol. The van der Waals surface area contributed by atoms with Gasteiger partial charge in [0.05, 0.1) is 7.11 Å². The molecule has 0 saturated carbocycles. The van der Waals surface area contributed by atoms with Crippen LogP contribution in [0, 0.1) is 0 Å². The van der Waals surface area contributed by atoms with Crippen LogP contribution in [0.2, 0.25) is 0 Å². The van der Waals surface area contributed by atoms with E-state index in [1.165, 1.54) is 11.1 Å². The third-order valence-electron chi connectivity index (χ3n) is 5.33. The molecule has 136 valence electrons. The molecule has 0 radical (unpaired) electrons. The molecule has 26 heavy (non-hydrogen) atoms. The van der Waals surface area contributed by atoms with Gasteiger partial charge in [0.2, 0.25) is 0 Å². The van der Waals surface area contributed by atoms with E-state index >= 15 is 0 Å². The van der Waals surface area contributed by atoms with E-state index in [0.717, 1.165) is 16.9 Å². The lowest BCUT2D eigenvalue weighted by atomic mass is 9.72. The Morgan fingerprint density at radius 1 is 0.923 bits per heavy atom. The minimum atomic E-state index is -0.246. The second-order valence-corrected chi connectivity index (χ2v) is 7.59. The number of hydrogen-bond donors (Lipinski definition) is 0. The first-order valence-electron chi connectivity index (χ1n) is 8.99. The Labute approximate surface area is 158 Å². The van der Waals surface area contributed by atoms with Crippen molar-refractivity contribution in [3.8, 4) is 5.75 Å². The van der Waals surface area contributed by atoms with Crippen LogP contribution in [0.5, 0.6) is 5.75 Å². The van der Waals surface area contributed by atoms with E-state index in [4.69, 9.17) is 4.74 Å². The van der Waals surface area contributed by atoms with E-state index < -0.39 is 0 Å². The lowest BCUT2D eigenvalue weighted by Crippen LogP contribution is -2.24. The number of allylic oxidation sites excluding steroid dienone is 4. The number of rotatable bonds is 7. The highest BCUT2D eigenvalue weighted by atomic mass is 16.5. The molecule has 0 amide bonds.